The normalized spacial score (nSPS) is 10.0. The number of thiazole rings is 1. The Labute approximate surface area is 79.8 Å². The van der Waals surface area contributed by atoms with Crippen molar-refractivity contribution in [2.75, 3.05) is 18.5 Å². The van der Waals surface area contributed by atoms with Crippen LogP contribution in [0.2, 0.25) is 0 Å². The van der Waals surface area contributed by atoms with Gasteiger partial charge in [-0.25, -0.2) is 4.98 Å². The number of carboxylic acids is 1. The molecule has 0 saturated heterocycles. The smallest absolute Gasteiger partial charge is 0.323 e. The first-order chi connectivity index (χ1) is 6.13. The molecular formula is C7H11N3O2S. The van der Waals surface area contributed by atoms with Crippen molar-refractivity contribution >= 4 is 22.4 Å². The maximum atomic E-state index is 10.4. The molecule has 0 spiro atoms. The van der Waals surface area contributed by atoms with Crippen molar-refractivity contribution in [2.45, 2.75) is 6.54 Å². The third-order valence-electron chi connectivity index (χ3n) is 1.44. The van der Waals surface area contributed by atoms with Gasteiger partial charge in [-0.05, 0) is 0 Å². The van der Waals surface area contributed by atoms with Crippen LogP contribution in [0, 0.1) is 0 Å². The quantitative estimate of drug-likeness (QED) is 0.723. The first-order valence-electron chi connectivity index (χ1n) is 3.71. The average Bonchev–Trinajstić information content (AvgIpc) is 2.50. The van der Waals surface area contributed by atoms with Gasteiger partial charge in [0.25, 0.3) is 0 Å². The molecule has 72 valence electrons. The zero-order valence-electron chi connectivity index (χ0n) is 7.23. The molecular weight excluding hydrogens is 190 g/mol. The molecule has 1 aromatic heterocycles. The Morgan fingerprint density at radius 3 is 3.00 bits per heavy atom. The minimum atomic E-state index is -0.869. The second-order valence-electron chi connectivity index (χ2n) is 2.56. The SMILES string of the molecule is CN(CC(=O)O)c1ncc(CN)s1. The van der Waals surface area contributed by atoms with Gasteiger partial charge in [-0.3, -0.25) is 4.79 Å². The summed E-state index contributed by atoms with van der Waals surface area (Å²) in [7, 11) is 1.69. The molecule has 5 nitrogen and oxygen atoms in total. The number of hydrogen-bond acceptors (Lipinski definition) is 5. The van der Waals surface area contributed by atoms with Crippen molar-refractivity contribution in [2.24, 2.45) is 5.73 Å². The lowest BCUT2D eigenvalue weighted by Gasteiger charge is -2.11. The van der Waals surface area contributed by atoms with Crippen LogP contribution in [0.1, 0.15) is 4.88 Å². The number of anilines is 1. The van der Waals surface area contributed by atoms with Crippen LogP contribution in [0.5, 0.6) is 0 Å². The van der Waals surface area contributed by atoms with Crippen molar-refractivity contribution < 1.29 is 9.90 Å². The molecule has 0 amide bonds. The number of rotatable bonds is 4. The Hall–Kier alpha value is -1.14. The summed E-state index contributed by atoms with van der Waals surface area (Å²) in [6, 6.07) is 0. The fourth-order valence-electron chi connectivity index (χ4n) is 0.839. The number of carbonyl (C=O) groups is 1. The topological polar surface area (TPSA) is 79.5 Å². The van der Waals surface area contributed by atoms with Crippen LogP contribution >= 0.6 is 11.3 Å². The Kier molecular flexibility index (Phi) is 3.21. The summed E-state index contributed by atoms with van der Waals surface area (Å²) in [5, 5.41) is 9.20. The molecule has 0 saturated carbocycles. The van der Waals surface area contributed by atoms with Gasteiger partial charge in [0, 0.05) is 24.7 Å². The first kappa shape index (κ1) is 9.94. The number of nitrogens with zero attached hydrogens (tertiary/aromatic N) is 2. The minimum Gasteiger partial charge on any atom is -0.480 e. The Bertz CT molecular complexity index is 300. The van der Waals surface area contributed by atoms with Gasteiger partial charge in [-0.15, -0.1) is 11.3 Å². The predicted octanol–water partition coefficient (Wildman–Crippen LogP) is 0.123. The van der Waals surface area contributed by atoms with Gasteiger partial charge >= 0.3 is 5.97 Å². The average molecular weight is 201 g/mol. The van der Waals surface area contributed by atoms with Gasteiger partial charge < -0.3 is 15.7 Å². The molecule has 0 unspecified atom stereocenters. The van der Waals surface area contributed by atoms with Gasteiger partial charge in [0.2, 0.25) is 0 Å². The van der Waals surface area contributed by atoms with Crippen molar-refractivity contribution in [1.82, 2.24) is 4.98 Å². The molecule has 0 radical (unpaired) electrons. The lowest BCUT2D eigenvalue weighted by Crippen LogP contribution is -2.24. The lowest BCUT2D eigenvalue weighted by molar-refractivity contribution is -0.135. The minimum absolute atomic E-state index is 0.0441. The van der Waals surface area contributed by atoms with Crippen LogP contribution in [0.15, 0.2) is 6.20 Å². The van der Waals surface area contributed by atoms with E-state index in [1.165, 1.54) is 11.3 Å². The first-order valence-corrected chi connectivity index (χ1v) is 4.53. The highest BCUT2D eigenvalue weighted by Crippen LogP contribution is 2.20. The summed E-state index contributed by atoms with van der Waals surface area (Å²) in [4.78, 5) is 16.9. The van der Waals surface area contributed by atoms with Crippen LogP contribution in [0.4, 0.5) is 5.13 Å². The van der Waals surface area contributed by atoms with E-state index in [2.05, 4.69) is 4.98 Å². The van der Waals surface area contributed by atoms with E-state index >= 15 is 0 Å². The molecule has 0 aliphatic carbocycles. The van der Waals surface area contributed by atoms with Crippen LogP contribution in [0.3, 0.4) is 0 Å². The Morgan fingerprint density at radius 2 is 2.54 bits per heavy atom. The number of carboxylic acid groups (broad SMARTS) is 1. The van der Waals surface area contributed by atoms with Crippen molar-refractivity contribution in [3.63, 3.8) is 0 Å². The standard InChI is InChI=1S/C7H11N3O2S/c1-10(4-6(11)12)7-9-3-5(2-8)13-7/h3H,2,4,8H2,1H3,(H,11,12). The van der Waals surface area contributed by atoms with Crippen LogP contribution in [-0.2, 0) is 11.3 Å². The molecule has 0 aliphatic rings. The molecule has 3 N–H and O–H groups in total. The predicted molar refractivity (Wildman–Crippen MR) is 50.9 cm³/mol. The zero-order valence-corrected chi connectivity index (χ0v) is 8.04. The van der Waals surface area contributed by atoms with E-state index in [4.69, 9.17) is 10.8 Å². The van der Waals surface area contributed by atoms with Gasteiger partial charge in [0.05, 0.1) is 0 Å². The largest absolute Gasteiger partial charge is 0.480 e. The molecule has 0 bridgehead atoms. The monoisotopic (exact) mass is 201 g/mol. The summed E-state index contributed by atoms with van der Waals surface area (Å²) < 4.78 is 0. The summed E-state index contributed by atoms with van der Waals surface area (Å²) in [5.74, 6) is -0.869. The molecule has 1 rings (SSSR count). The zero-order chi connectivity index (χ0) is 9.84. The van der Waals surface area contributed by atoms with E-state index in [9.17, 15) is 4.79 Å². The third-order valence-corrected chi connectivity index (χ3v) is 2.58. The number of aliphatic carboxylic acids is 1. The van der Waals surface area contributed by atoms with Crippen LogP contribution in [-0.4, -0.2) is 29.7 Å². The fourth-order valence-corrected chi connectivity index (χ4v) is 1.59. The number of nitrogens with two attached hydrogens (primary N) is 1. The van der Waals surface area contributed by atoms with Gasteiger partial charge in [-0.1, -0.05) is 0 Å². The number of likely N-dealkylation sites (N-methyl/N-ethyl adjacent to an activating group) is 1. The van der Waals surface area contributed by atoms with Crippen LogP contribution < -0.4 is 10.6 Å². The molecule has 13 heavy (non-hydrogen) atoms. The van der Waals surface area contributed by atoms with Gasteiger partial charge in [-0.2, -0.15) is 0 Å². The molecule has 1 heterocycles. The molecule has 6 heteroatoms. The molecule has 1 aromatic rings. The van der Waals surface area contributed by atoms with Crippen molar-refractivity contribution in [1.29, 1.82) is 0 Å². The molecule has 0 aliphatic heterocycles. The van der Waals surface area contributed by atoms with E-state index in [1.54, 1.807) is 18.1 Å². The van der Waals surface area contributed by atoms with E-state index < -0.39 is 5.97 Å². The highest BCUT2D eigenvalue weighted by molar-refractivity contribution is 7.15. The lowest BCUT2D eigenvalue weighted by atomic mass is 10.6. The van der Waals surface area contributed by atoms with Crippen molar-refractivity contribution in [3.05, 3.63) is 11.1 Å². The molecule has 0 fully saturated rings. The maximum absolute atomic E-state index is 10.4. The van der Waals surface area contributed by atoms with Gasteiger partial charge in [0.1, 0.15) is 6.54 Å². The second-order valence-corrected chi connectivity index (χ2v) is 3.66. The Morgan fingerprint density at radius 1 is 1.85 bits per heavy atom. The van der Waals surface area contributed by atoms with E-state index in [0.29, 0.717) is 11.7 Å². The molecule has 0 aromatic carbocycles. The second kappa shape index (κ2) is 4.20. The summed E-state index contributed by atoms with van der Waals surface area (Å²) in [5.41, 5.74) is 5.40. The molecule has 0 atom stereocenters. The third kappa shape index (κ3) is 2.67. The summed E-state index contributed by atoms with van der Waals surface area (Å²) in [6.07, 6.45) is 1.67. The van der Waals surface area contributed by atoms with E-state index in [0.717, 1.165) is 4.88 Å². The summed E-state index contributed by atoms with van der Waals surface area (Å²) >= 11 is 1.41. The Balaban J connectivity index is 2.65. The highest BCUT2D eigenvalue weighted by atomic mass is 32.1. The number of aromatic nitrogens is 1. The van der Waals surface area contributed by atoms with E-state index in [1.807, 2.05) is 0 Å². The van der Waals surface area contributed by atoms with Gasteiger partial charge in [0.15, 0.2) is 5.13 Å². The van der Waals surface area contributed by atoms with Crippen molar-refractivity contribution in [3.8, 4) is 0 Å². The van der Waals surface area contributed by atoms with Crippen LogP contribution in [0.25, 0.3) is 0 Å². The van der Waals surface area contributed by atoms with E-state index in [-0.39, 0.29) is 6.54 Å². The summed E-state index contributed by atoms with van der Waals surface area (Å²) in [6.45, 7) is 0.399. The highest BCUT2D eigenvalue weighted by Gasteiger charge is 2.08. The maximum Gasteiger partial charge on any atom is 0.323 e. The number of hydrogen-bond donors (Lipinski definition) is 2. The fraction of sp³-hybridized carbons (Fsp3) is 0.429.